The van der Waals surface area contributed by atoms with E-state index in [1.165, 1.54) is 0 Å². The molecule has 128 valence electrons. The fourth-order valence-electron chi connectivity index (χ4n) is 2.85. The highest BCUT2D eigenvalue weighted by Crippen LogP contribution is 2.41. The molecule has 2 aromatic heterocycles. The number of carbonyl (C=O) groups is 1. The summed E-state index contributed by atoms with van der Waals surface area (Å²) in [6.45, 7) is 0. The predicted octanol–water partition coefficient (Wildman–Crippen LogP) is 3.82. The van der Waals surface area contributed by atoms with Gasteiger partial charge in [0.15, 0.2) is 11.5 Å². The fourth-order valence-corrected chi connectivity index (χ4v) is 2.85. The topological polar surface area (TPSA) is 77.5 Å². The lowest BCUT2D eigenvalue weighted by atomic mass is 10.0. The van der Waals surface area contributed by atoms with Crippen LogP contribution in [0.1, 0.15) is 34.9 Å². The lowest BCUT2D eigenvalue weighted by molar-refractivity contribution is 0.0922. The molecule has 25 heavy (non-hydrogen) atoms. The molecule has 1 N–H and O–H groups in total. The van der Waals surface area contributed by atoms with Gasteiger partial charge in [-0.15, -0.1) is 0 Å². The molecule has 0 saturated heterocycles. The van der Waals surface area contributed by atoms with Crippen LogP contribution in [-0.2, 0) is 0 Å². The summed E-state index contributed by atoms with van der Waals surface area (Å²) in [5.74, 6) is 1.97. The maximum Gasteiger partial charge on any atom is 0.273 e. The van der Waals surface area contributed by atoms with Gasteiger partial charge < -0.3 is 19.0 Å². The van der Waals surface area contributed by atoms with Crippen molar-refractivity contribution >= 4 is 5.91 Å². The predicted molar refractivity (Wildman–Crippen MR) is 90.1 cm³/mol. The SMILES string of the molecule is COc1ccc([C@@H](NC(=O)c2cc(-c3ccco3)on2)C2CC2)cc1. The highest BCUT2D eigenvalue weighted by atomic mass is 16.5. The Morgan fingerprint density at radius 2 is 2.04 bits per heavy atom. The minimum atomic E-state index is -0.255. The number of amides is 1. The third-order valence-electron chi connectivity index (χ3n) is 4.36. The molecule has 1 aromatic carbocycles. The van der Waals surface area contributed by atoms with Crippen molar-refractivity contribution in [2.24, 2.45) is 5.92 Å². The van der Waals surface area contributed by atoms with Crippen LogP contribution in [0.2, 0.25) is 0 Å². The molecule has 1 fully saturated rings. The van der Waals surface area contributed by atoms with Crippen LogP contribution in [0, 0.1) is 5.92 Å². The first-order valence-electron chi connectivity index (χ1n) is 8.20. The van der Waals surface area contributed by atoms with Crippen LogP contribution in [-0.4, -0.2) is 18.2 Å². The van der Waals surface area contributed by atoms with Crippen molar-refractivity contribution in [2.45, 2.75) is 18.9 Å². The normalized spacial score (nSPS) is 14.9. The van der Waals surface area contributed by atoms with Gasteiger partial charge in [0, 0.05) is 6.07 Å². The average Bonchev–Trinajstić information content (AvgIpc) is 3.13. The quantitative estimate of drug-likeness (QED) is 0.739. The Labute approximate surface area is 144 Å². The van der Waals surface area contributed by atoms with Crippen LogP contribution in [0.3, 0.4) is 0 Å². The van der Waals surface area contributed by atoms with Gasteiger partial charge in [0.05, 0.1) is 19.4 Å². The zero-order chi connectivity index (χ0) is 17.2. The molecule has 6 heteroatoms. The van der Waals surface area contributed by atoms with Crippen LogP contribution < -0.4 is 10.1 Å². The molecule has 1 aliphatic rings. The number of nitrogens with zero attached hydrogens (tertiary/aromatic N) is 1. The summed E-state index contributed by atoms with van der Waals surface area (Å²) in [5, 5.41) is 6.93. The van der Waals surface area contributed by atoms with Gasteiger partial charge in [-0.25, -0.2) is 0 Å². The van der Waals surface area contributed by atoms with Crippen LogP contribution in [0.5, 0.6) is 5.75 Å². The summed E-state index contributed by atoms with van der Waals surface area (Å²) in [4.78, 5) is 12.6. The second kappa shape index (κ2) is 6.47. The fraction of sp³-hybridized carbons (Fsp3) is 0.263. The number of hydrogen-bond acceptors (Lipinski definition) is 5. The molecule has 1 aliphatic carbocycles. The molecule has 1 saturated carbocycles. The van der Waals surface area contributed by atoms with Crippen molar-refractivity contribution in [2.75, 3.05) is 7.11 Å². The number of methoxy groups -OCH3 is 1. The summed E-state index contributed by atoms with van der Waals surface area (Å²) in [6, 6.07) is 12.8. The average molecular weight is 338 g/mol. The van der Waals surface area contributed by atoms with Crippen molar-refractivity contribution in [1.29, 1.82) is 0 Å². The van der Waals surface area contributed by atoms with Crippen molar-refractivity contribution in [3.8, 4) is 17.3 Å². The highest BCUT2D eigenvalue weighted by Gasteiger charge is 2.34. The Morgan fingerprint density at radius 1 is 1.24 bits per heavy atom. The van der Waals surface area contributed by atoms with E-state index in [1.807, 2.05) is 24.3 Å². The number of aromatic nitrogens is 1. The van der Waals surface area contributed by atoms with E-state index in [1.54, 1.807) is 31.6 Å². The molecule has 3 aromatic rings. The van der Waals surface area contributed by atoms with Crippen molar-refractivity contribution < 1.29 is 18.5 Å². The summed E-state index contributed by atoms with van der Waals surface area (Å²) < 4.78 is 15.7. The standard InChI is InChI=1S/C19H18N2O4/c1-23-14-8-6-13(7-9-14)18(12-4-5-12)20-19(22)15-11-17(25-21-15)16-3-2-10-24-16/h2-3,6-12,18H,4-5H2,1H3,(H,20,22)/t18-/m0/s1. The second-order valence-electron chi connectivity index (χ2n) is 6.12. The van der Waals surface area contributed by atoms with Crippen LogP contribution in [0.25, 0.3) is 11.5 Å². The first-order valence-corrected chi connectivity index (χ1v) is 8.20. The molecule has 1 atom stereocenters. The van der Waals surface area contributed by atoms with Crippen LogP contribution >= 0.6 is 0 Å². The molecule has 0 aliphatic heterocycles. The molecular formula is C19H18N2O4. The van der Waals surface area contributed by atoms with Crippen molar-refractivity contribution in [3.05, 3.63) is 60.0 Å². The second-order valence-corrected chi connectivity index (χ2v) is 6.12. The zero-order valence-corrected chi connectivity index (χ0v) is 13.8. The third-order valence-corrected chi connectivity index (χ3v) is 4.36. The number of benzene rings is 1. The number of rotatable bonds is 6. The third kappa shape index (κ3) is 3.28. The number of furan rings is 1. The molecule has 0 spiro atoms. The molecule has 0 radical (unpaired) electrons. The maximum atomic E-state index is 12.6. The van der Waals surface area contributed by atoms with Crippen molar-refractivity contribution in [3.63, 3.8) is 0 Å². The monoisotopic (exact) mass is 338 g/mol. The van der Waals surface area contributed by atoms with Gasteiger partial charge in [0.1, 0.15) is 5.75 Å². The summed E-state index contributed by atoms with van der Waals surface area (Å²) in [7, 11) is 1.64. The lowest BCUT2D eigenvalue weighted by Crippen LogP contribution is -2.30. The van der Waals surface area contributed by atoms with Crippen LogP contribution in [0.15, 0.2) is 57.7 Å². The molecule has 6 nitrogen and oxygen atoms in total. The molecule has 0 bridgehead atoms. The maximum absolute atomic E-state index is 12.6. The Hall–Kier alpha value is -3.02. The molecule has 0 unspecified atom stereocenters. The molecule has 2 heterocycles. The molecule has 4 rings (SSSR count). The molecular weight excluding hydrogens is 320 g/mol. The minimum absolute atomic E-state index is 0.0397. The number of nitrogens with one attached hydrogen (secondary N) is 1. The lowest BCUT2D eigenvalue weighted by Gasteiger charge is -2.18. The van der Waals surface area contributed by atoms with E-state index in [0.29, 0.717) is 17.4 Å². The summed E-state index contributed by atoms with van der Waals surface area (Å²) >= 11 is 0. The Bertz CT molecular complexity index is 848. The highest BCUT2D eigenvalue weighted by molar-refractivity contribution is 5.93. The van der Waals surface area contributed by atoms with E-state index < -0.39 is 0 Å². The summed E-state index contributed by atoms with van der Waals surface area (Å²) in [6.07, 6.45) is 3.76. The van der Waals surface area contributed by atoms with Crippen molar-refractivity contribution in [1.82, 2.24) is 10.5 Å². The smallest absolute Gasteiger partial charge is 0.273 e. The van der Waals surface area contributed by atoms with E-state index in [9.17, 15) is 4.79 Å². The molecule has 1 amide bonds. The first kappa shape index (κ1) is 15.5. The van der Waals surface area contributed by atoms with Gasteiger partial charge in [-0.1, -0.05) is 17.3 Å². The van der Waals surface area contributed by atoms with E-state index in [4.69, 9.17) is 13.7 Å². The van der Waals surface area contributed by atoms with E-state index in [0.717, 1.165) is 24.2 Å². The number of carbonyl (C=O) groups excluding carboxylic acids is 1. The number of ether oxygens (including phenoxy) is 1. The Kier molecular flexibility index (Phi) is 4.01. The Morgan fingerprint density at radius 3 is 2.68 bits per heavy atom. The summed E-state index contributed by atoms with van der Waals surface area (Å²) in [5.41, 5.74) is 1.30. The van der Waals surface area contributed by atoms with Gasteiger partial charge in [0.2, 0.25) is 5.76 Å². The number of hydrogen-bond donors (Lipinski definition) is 1. The largest absolute Gasteiger partial charge is 0.497 e. The van der Waals surface area contributed by atoms with Gasteiger partial charge in [-0.3, -0.25) is 4.79 Å². The first-order chi connectivity index (χ1) is 12.2. The van der Waals surface area contributed by atoms with E-state index in [2.05, 4.69) is 10.5 Å². The van der Waals surface area contributed by atoms with Crippen LogP contribution in [0.4, 0.5) is 0 Å². The zero-order valence-electron chi connectivity index (χ0n) is 13.8. The van der Waals surface area contributed by atoms with Gasteiger partial charge in [-0.2, -0.15) is 0 Å². The van der Waals surface area contributed by atoms with Gasteiger partial charge in [-0.05, 0) is 48.6 Å². The minimum Gasteiger partial charge on any atom is -0.497 e. The van der Waals surface area contributed by atoms with E-state index in [-0.39, 0.29) is 17.6 Å². The Balaban J connectivity index is 1.51. The van der Waals surface area contributed by atoms with Gasteiger partial charge in [0.25, 0.3) is 5.91 Å². The van der Waals surface area contributed by atoms with E-state index >= 15 is 0 Å². The van der Waals surface area contributed by atoms with Gasteiger partial charge >= 0.3 is 0 Å².